The first-order chi connectivity index (χ1) is 13.7. The highest BCUT2D eigenvalue weighted by molar-refractivity contribution is 6.05. The van der Waals surface area contributed by atoms with E-state index in [4.69, 9.17) is 9.47 Å². The summed E-state index contributed by atoms with van der Waals surface area (Å²) in [7, 11) is 2.00. The quantitative estimate of drug-likeness (QED) is 0.737. The number of aromatic nitrogens is 2. The molecule has 2 heterocycles. The smallest absolute Gasteiger partial charge is 0.280 e. The number of hydrogen-bond acceptors (Lipinski definition) is 5. The molecule has 0 fully saturated rings. The highest BCUT2D eigenvalue weighted by Gasteiger charge is 2.21. The number of hydrogen-bond donors (Lipinski definition) is 1. The van der Waals surface area contributed by atoms with E-state index in [1.54, 1.807) is 10.9 Å². The van der Waals surface area contributed by atoms with Gasteiger partial charge in [-0.25, -0.2) is 4.68 Å². The second kappa shape index (κ2) is 7.64. The van der Waals surface area contributed by atoms with E-state index in [0.717, 1.165) is 23.7 Å². The number of ether oxygens (including phenoxy) is 2. The summed E-state index contributed by atoms with van der Waals surface area (Å²) in [6.07, 6.45) is 1.72. The molecule has 0 radical (unpaired) electrons. The first kappa shape index (κ1) is 17.9. The molecule has 0 saturated carbocycles. The van der Waals surface area contributed by atoms with E-state index in [1.807, 2.05) is 62.5 Å². The molecule has 1 amide bonds. The van der Waals surface area contributed by atoms with E-state index < -0.39 is 0 Å². The molecule has 0 saturated heterocycles. The lowest BCUT2D eigenvalue weighted by molar-refractivity contribution is 0.101. The molecular formula is C21H22N4O3. The number of likely N-dealkylation sites (N-methyl/N-ethyl adjacent to an activating group) is 1. The van der Waals surface area contributed by atoms with Gasteiger partial charge in [-0.3, -0.25) is 4.79 Å². The third-order valence-electron chi connectivity index (χ3n) is 4.53. The standard InChI is InChI=1S/C21H22N4O3/c1-3-27-19-14-25(16-7-5-4-6-8-16)23-20(19)21(26)22-15-9-10-18-17(13-15)24(2)11-12-28-18/h4-10,13-14H,3,11-12H2,1-2H3,(H,22,26). The number of fused-ring (bicyclic) bond motifs is 1. The van der Waals surface area contributed by atoms with E-state index in [-0.39, 0.29) is 11.6 Å². The van der Waals surface area contributed by atoms with Gasteiger partial charge in [-0.15, -0.1) is 0 Å². The minimum Gasteiger partial charge on any atom is -0.490 e. The molecule has 28 heavy (non-hydrogen) atoms. The van der Waals surface area contributed by atoms with Gasteiger partial charge in [-0.2, -0.15) is 5.10 Å². The summed E-state index contributed by atoms with van der Waals surface area (Å²) in [5.74, 6) is 0.940. The fourth-order valence-electron chi connectivity index (χ4n) is 3.11. The van der Waals surface area contributed by atoms with Gasteiger partial charge in [0.2, 0.25) is 0 Å². The lowest BCUT2D eigenvalue weighted by Crippen LogP contribution is -2.28. The fraction of sp³-hybridized carbons (Fsp3) is 0.238. The summed E-state index contributed by atoms with van der Waals surface area (Å²) < 4.78 is 12.9. The van der Waals surface area contributed by atoms with Gasteiger partial charge in [0.05, 0.1) is 30.7 Å². The van der Waals surface area contributed by atoms with Gasteiger partial charge in [0, 0.05) is 12.7 Å². The van der Waals surface area contributed by atoms with Crippen molar-refractivity contribution in [3.8, 4) is 17.2 Å². The normalized spacial score (nSPS) is 12.9. The van der Waals surface area contributed by atoms with Crippen LogP contribution in [0.2, 0.25) is 0 Å². The van der Waals surface area contributed by atoms with Crippen LogP contribution in [0.1, 0.15) is 17.4 Å². The Hall–Kier alpha value is -3.48. The van der Waals surface area contributed by atoms with Crippen LogP contribution in [-0.2, 0) is 0 Å². The molecule has 3 aromatic rings. The Morgan fingerprint density at radius 1 is 1.25 bits per heavy atom. The average molecular weight is 378 g/mol. The Balaban J connectivity index is 1.61. The monoisotopic (exact) mass is 378 g/mol. The summed E-state index contributed by atoms with van der Waals surface area (Å²) in [6.45, 7) is 3.78. The van der Waals surface area contributed by atoms with E-state index in [1.165, 1.54) is 0 Å². The molecule has 7 nitrogen and oxygen atoms in total. The number of benzene rings is 2. The van der Waals surface area contributed by atoms with Crippen LogP contribution in [0.15, 0.2) is 54.7 Å². The van der Waals surface area contributed by atoms with Crippen molar-refractivity contribution in [1.29, 1.82) is 0 Å². The summed E-state index contributed by atoms with van der Waals surface area (Å²) >= 11 is 0. The molecule has 1 aromatic heterocycles. The van der Waals surface area contributed by atoms with E-state index in [0.29, 0.717) is 24.7 Å². The van der Waals surface area contributed by atoms with E-state index in [9.17, 15) is 4.79 Å². The number of carbonyl (C=O) groups is 1. The van der Waals surface area contributed by atoms with Crippen molar-refractivity contribution < 1.29 is 14.3 Å². The molecule has 0 spiro atoms. The minimum absolute atomic E-state index is 0.244. The number of rotatable bonds is 5. The molecule has 144 valence electrons. The van der Waals surface area contributed by atoms with E-state index in [2.05, 4.69) is 15.3 Å². The number of nitrogens with one attached hydrogen (secondary N) is 1. The summed E-state index contributed by atoms with van der Waals surface area (Å²) in [5.41, 5.74) is 2.73. The van der Waals surface area contributed by atoms with Crippen LogP contribution >= 0.6 is 0 Å². The zero-order valence-electron chi connectivity index (χ0n) is 15.9. The molecule has 0 atom stereocenters. The van der Waals surface area contributed by atoms with Crippen LogP contribution < -0.4 is 19.7 Å². The third-order valence-corrected chi connectivity index (χ3v) is 4.53. The van der Waals surface area contributed by atoms with Crippen molar-refractivity contribution in [3.63, 3.8) is 0 Å². The zero-order valence-corrected chi connectivity index (χ0v) is 15.9. The van der Waals surface area contributed by atoms with Crippen LogP contribution in [0.5, 0.6) is 11.5 Å². The van der Waals surface area contributed by atoms with Crippen molar-refractivity contribution in [2.24, 2.45) is 0 Å². The number of nitrogens with zero attached hydrogens (tertiary/aromatic N) is 3. The Morgan fingerprint density at radius 2 is 2.07 bits per heavy atom. The molecule has 0 unspecified atom stereocenters. The third kappa shape index (κ3) is 3.51. The van der Waals surface area contributed by atoms with Crippen LogP contribution in [0.25, 0.3) is 5.69 Å². The number of para-hydroxylation sites is 1. The van der Waals surface area contributed by atoms with Gasteiger partial charge in [-0.05, 0) is 37.3 Å². The van der Waals surface area contributed by atoms with Gasteiger partial charge in [0.25, 0.3) is 5.91 Å². The van der Waals surface area contributed by atoms with Gasteiger partial charge >= 0.3 is 0 Å². The molecule has 1 N–H and O–H groups in total. The summed E-state index contributed by atoms with van der Waals surface area (Å²) in [5, 5.41) is 7.36. The second-order valence-electron chi connectivity index (χ2n) is 6.46. The zero-order chi connectivity index (χ0) is 19.5. The molecular weight excluding hydrogens is 356 g/mol. The number of carbonyl (C=O) groups excluding carboxylic acids is 1. The van der Waals surface area contributed by atoms with Crippen molar-refractivity contribution >= 4 is 17.3 Å². The van der Waals surface area contributed by atoms with E-state index >= 15 is 0 Å². The first-order valence-corrected chi connectivity index (χ1v) is 9.23. The maximum absolute atomic E-state index is 12.9. The number of amides is 1. The second-order valence-corrected chi connectivity index (χ2v) is 6.46. The van der Waals surface area contributed by atoms with Crippen LogP contribution in [-0.4, -0.2) is 42.5 Å². The van der Waals surface area contributed by atoms with Crippen LogP contribution in [0.4, 0.5) is 11.4 Å². The largest absolute Gasteiger partial charge is 0.490 e. The Bertz CT molecular complexity index is 985. The molecule has 2 aromatic carbocycles. The van der Waals surface area contributed by atoms with Crippen molar-refractivity contribution in [2.75, 3.05) is 37.0 Å². The first-order valence-electron chi connectivity index (χ1n) is 9.23. The van der Waals surface area contributed by atoms with Crippen molar-refractivity contribution in [2.45, 2.75) is 6.92 Å². The maximum Gasteiger partial charge on any atom is 0.280 e. The molecule has 1 aliphatic heterocycles. The minimum atomic E-state index is -0.322. The molecule has 7 heteroatoms. The van der Waals surface area contributed by atoms with Crippen LogP contribution in [0, 0.1) is 0 Å². The highest BCUT2D eigenvalue weighted by Crippen LogP contribution is 2.33. The molecule has 4 rings (SSSR count). The lowest BCUT2D eigenvalue weighted by atomic mass is 10.2. The summed E-state index contributed by atoms with van der Waals surface area (Å²) in [4.78, 5) is 15.0. The molecule has 0 bridgehead atoms. The van der Waals surface area contributed by atoms with Gasteiger partial charge < -0.3 is 19.7 Å². The van der Waals surface area contributed by atoms with Gasteiger partial charge in [0.1, 0.15) is 12.4 Å². The van der Waals surface area contributed by atoms with Gasteiger partial charge in [0.15, 0.2) is 11.4 Å². The Morgan fingerprint density at radius 3 is 2.86 bits per heavy atom. The Labute approximate surface area is 163 Å². The highest BCUT2D eigenvalue weighted by atomic mass is 16.5. The predicted octanol–water partition coefficient (Wildman–Crippen LogP) is 3.35. The number of anilines is 2. The van der Waals surface area contributed by atoms with Crippen molar-refractivity contribution in [1.82, 2.24) is 9.78 Å². The Kier molecular flexibility index (Phi) is 4.89. The average Bonchev–Trinajstić information content (AvgIpc) is 3.14. The van der Waals surface area contributed by atoms with Gasteiger partial charge in [-0.1, -0.05) is 18.2 Å². The van der Waals surface area contributed by atoms with Crippen LogP contribution in [0.3, 0.4) is 0 Å². The SMILES string of the molecule is CCOc1cn(-c2ccccc2)nc1C(=O)Nc1ccc2c(c1)N(C)CCO2. The maximum atomic E-state index is 12.9. The van der Waals surface area contributed by atoms with Crippen molar-refractivity contribution in [3.05, 3.63) is 60.4 Å². The predicted molar refractivity (Wildman–Crippen MR) is 108 cm³/mol. The topological polar surface area (TPSA) is 68.6 Å². The summed E-state index contributed by atoms with van der Waals surface area (Å²) in [6, 6.07) is 15.2. The molecule has 0 aliphatic carbocycles. The molecule has 1 aliphatic rings. The fourth-order valence-corrected chi connectivity index (χ4v) is 3.11. The lowest BCUT2D eigenvalue weighted by Gasteiger charge is -2.28.